The summed E-state index contributed by atoms with van der Waals surface area (Å²) in [5.74, 6) is 1.36. The van der Waals surface area contributed by atoms with Crippen LogP contribution in [0.4, 0.5) is 11.9 Å². The van der Waals surface area contributed by atoms with Crippen LogP contribution in [-0.4, -0.2) is 19.9 Å². The van der Waals surface area contributed by atoms with Crippen LogP contribution in [0.1, 0.15) is 31.7 Å². The zero-order chi connectivity index (χ0) is 17.1. The van der Waals surface area contributed by atoms with Crippen LogP contribution in [0.3, 0.4) is 0 Å². The number of fused-ring (bicyclic) bond motifs is 1. The van der Waals surface area contributed by atoms with Gasteiger partial charge in [0.05, 0.1) is 11.2 Å². The molecule has 6 nitrogen and oxygen atoms in total. The van der Waals surface area contributed by atoms with Gasteiger partial charge in [0.25, 0.3) is 5.56 Å². The minimum absolute atomic E-state index is 0.177. The van der Waals surface area contributed by atoms with Gasteiger partial charge in [0.15, 0.2) is 0 Å². The Balaban J connectivity index is 1.89. The lowest BCUT2D eigenvalue weighted by Crippen LogP contribution is -2.13. The molecule has 0 aliphatic carbocycles. The molecule has 0 saturated heterocycles. The maximum absolute atomic E-state index is 11.8. The number of rotatable bonds is 5. The van der Waals surface area contributed by atoms with Crippen LogP contribution in [0.15, 0.2) is 35.1 Å². The number of hydrogen-bond acceptors (Lipinski definition) is 5. The molecule has 3 aromatic rings. The number of aromatic amines is 1. The third-order valence-electron chi connectivity index (χ3n) is 3.80. The summed E-state index contributed by atoms with van der Waals surface area (Å²) in [5.41, 5.74) is 2.32. The molecule has 2 N–H and O–H groups in total. The number of nitrogens with zero attached hydrogens (tertiary/aromatic N) is 3. The Morgan fingerprint density at radius 1 is 1.17 bits per heavy atom. The minimum atomic E-state index is -0.177. The van der Waals surface area contributed by atoms with E-state index in [-0.39, 0.29) is 5.56 Å². The van der Waals surface area contributed by atoms with Crippen LogP contribution in [0, 0.1) is 12.8 Å². The molecule has 0 aliphatic heterocycles. The second-order valence-corrected chi connectivity index (χ2v) is 6.29. The van der Waals surface area contributed by atoms with Crippen molar-refractivity contribution in [3.8, 4) is 0 Å². The van der Waals surface area contributed by atoms with Gasteiger partial charge in [-0.05, 0) is 31.7 Å². The van der Waals surface area contributed by atoms with Crippen LogP contribution in [-0.2, 0) is 6.42 Å². The third kappa shape index (κ3) is 3.76. The third-order valence-corrected chi connectivity index (χ3v) is 3.80. The van der Waals surface area contributed by atoms with Crippen molar-refractivity contribution in [1.82, 2.24) is 19.9 Å². The molecule has 0 bridgehead atoms. The predicted molar refractivity (Wildman–Crippen MR) is 95.6 cm³/mol. The van der Waals surface area contributed by atoms with Crippen molar-refractivity contribution in [3.05, 3.63) is 52.1 Å². The van der Waals surface area contributed by atoms with Crippen LogP contribution < -0.4 is 10.9 Å². The number of hydrogen-bond donors (Lipinski definition) is 2. The number of aryl methyl sites for hydroxylation is 2. The van der Waals surface area contributed by atoms with Gasteiger partial charge in [-0.3, -0.25) is 15.1 Å². The largest absolute Gasteiger partial charge is 0.294 e. The summed E-state index contributed by atoms with van der Waals surface area (Å²) in [6.45, 7) is 6.24. The van der Waals surface area contributed by atoms with Gasteiger partial charge in [-0.25, -0.2) is 15.0 Å². The smallest absolute Gasteiger partial charge is 0.252 e. The molecule has 1 aromatic carbocycles. The number of benzene rings is 1. The van der Waals surface area contributed by atoms with Gasteiger partial charge >= 0.3 is 0 Å². The maximum Gasteiger partial charge on any atom is 0.252 e. The van der Waals surface area contributed by atoms with Crippen LogP contribution >= 0.6 is 0 Å². The quantitative estimate of drug-likeness (QED) is 0.752. The van der Waals surface area contributed by atoms with E-state index in [1.165, 1.54) is 0 Å². The Morgan fingerprint density at radius 3 is 2.75 bits per heavy atom. The second-order valence-electron chi connectivity index (χ2n) is 6.29. The van der Waals surface area contributed by atoms with Gasteiger partial charge in [-0.1, -0.05) is 32.0 Å². The summed E-state index contributed by atoms with van der Waals surface area (Å²) < 4.78 is 0. The predicted octanol–water partition coefficient (Wildman–Crippen LogP) is 3.35. The standard InChI is InChI=1S/C18H21N5O/c1-11(2)8-9-13-10-16(24)22-18(20-13)23-17-19-12(3)14-6-4-5-7-15(14)21-17/h4-7,10-11H,8-9H2,1-3H3,(H2,19,20,21,22,23,24). The van der Waals surface area contributed by atoms with E-state index >= 15 is 0 Å². The lowest BCUT2D eigenvalue weighted by molar-refractivity contribution is 0.581. The Bertz CT molecular complexity index is 917. The fourth-order valence-electron chi connectivity index (χ4n) is 2.53. The van der Waals surface area contributed by atoms with Crippen molar-refractivity contribution in [2.24, 2.45) is 5.92 Å². The van der Waals surface area contributed by atoms with Gasteiger partial charge in [0.1, 0.15) is 0 Å². The molecule has 0 unspecified atom stereocenters. The summed E-state index contributed by atoms with van der Waals surface area (Å²) in [6, 6.07) is 9.36. The number of anilines is 2. The van der Waals surface area contributed by atoms with E-state index in [0.717, 1.165) is 35.1 Å². The lowest BCUT2D eigenvalue weighted by atomic mass is 10.1. The molecule has 0 aliphatic rings. The number of aromatic nitrogens is 4. The van der Waals surface area contributed by atoms with Crippen molar-refractivity contribution in [1.29, 1.82) is 0 Å². The van der Waals surface area contributed by atoms with Crippen molar-refractivity contribution >= 4 is 22.8 Å². The molecule has 124 valence electrons. The lowest BCUT2D eigenvalue weighted by Gasteiger charge is -2.09. The van der Waals surface area contributed by atoms with Gasteiger partial charge in [0.2, 0.25) is 11.9 Å². The Labute approximate surface area is 140 Å². The van der Waals surface area contributed by atoms with Crippen molar-refractivity contribution < 1.29 is 0 Å². The van der Waals surface area contributed by atoms with E-state index in [4.69, 9.17) is 0 Å². The van der Waals surface area contributed by atoms with Crippen molar-refractivity contribution in [2.45, 2.75) is 33.6 Å². The fourth-order valence-corrected chi connectivity index (χ4v) is 2.53. The van der Waals surface area contributed by atoms with E-state index in [9.17, 15) is 4.79 Å². The van der Waals surface area contributed by atoms with Crippen molar-refractivity contribution in [3.63, 3.8) is 0 Å². The average molecular weight is 323 g/mol. The average Bonchev–Trinajstić information content (AvgIpc) is 2.52. The Kier molecular flexibility index (Phi) is 4.55. The minimum Gasteiger partial charge on any atom is -0.294 e. The second kappa shape index (κ2) is 6.78. The van der Waals surface area contributed by atoms with Gasteiger partial charge < -0.3 is 0 Å². The van der Waals surface area contributed by atoms with E-state index in [1.807, 2.05) is 31.2 Å². The highest BCUT2D eigenvalue weighted by atomic mass is 16.1. The Morgan fingerprint density at radius 2 is 1.96 bits per heavy atom. The molecule has 6 heteroatoms. The molecule has 0 fully saturated rings. The zero-order valence-corrected chi connectivity index (χ0v) is 14.1. The molecule has 2 aromatic heterocycles. The topological polar surface area (TPSA) is 83.6 Å². The highest BCUT2D eigenvalue weighted by Gasteiger charge is 2.07. The fraction of sp³-hybridized carbons (Fsp3) is 0.333. The summed E-state index contributed by atoms with van der Waals surface area (Å²) in [5, 5.41) is 4.03. The highest BCUT2D eigenvalue weighted by Crippen LogP contribution is 2.18. The Hall–Kier alpha value is -2.76. The maximum atomic E-state index is 11.8. The number of H-pyrrole nitrogens is 1. The molecule has 24 heavy (non-hydrogen) atoms. The first-order chi connectivity index (χ1) is 11.5. The summed E-state index contributed by atoms with van der Waals surface area (Å²) in [4.78, 5) is 27.9. The first kappa shape index (κ1) is 16.1. The molecule has 0 amide bonds. The highest BCUT2D eigenvalue weighted by molar-refractivity contribution is 5.81. The molecule has 0 radical (unpaired) electrons. The molecular formula is C18H21N5O. The number of nitrogens with one attached hydrogen (secondary N) is 2. The van der Waals surface area contributed by atoms with Crippen LogP contribution in [0.5, 0.6) is 0 Å². The van der Waals surface area contributed by atoms with Gasteiger partial charge in [0, 0.05) is 17.1 Å². The molecule has 3 rings (SSSR count). The molecule has 0 spiro atoms. The van der Waals surface area contributed by atoms with Crippen LogP contribution in [0.25, 0.3) is 10.9 Å². The first-order valence-electron chi connectivity index (χ1n) is 8.12. The summed E-state index contributed by atoms with van der Waals surface area (Å²) >= 11 is 0. The zero-order valence-electron chi connectivity index (χ0n) is 14.1. The normalized spacial score (nSPS) is 11.2. The monoisotopic (exact) mass is 323 g/mol. The van der Waals surface area contributed by atoms with E-state index in [0.29, 0.717) is 17.8 Å². The van der Waals surface area contributed by atoms with Gasteiger partial charge in [-0.2, -0.15) is 0 Å². The van der Waals surface area contributed by atoms with Gasteiger partial charge in [-0.15, -0.1) is 0 Å². The molecule has 0 saturated carbocycles. The summed E-state index contributed by atoms with van der Waals surface area (Å²) in [7, 11) is 0. The number of para-hydroxylation sites is 1. The van der Waals surface area contributed by atoms with Crippen LogP contribution in [0.2, 0.25) is 0 Å². The first-order valence-corrected chi connectivity index (χ1v) is 8.12. The van der Waals surface area contributed by atoms with E-state index in [1.54, 1.807) is 6.07 Å². The molecular weight excluding hydrogens is 302 g/mol. The van der Waals surface area contributed by atoms with E-state index in [2.05, 4.69) is 39.1 Å². The molecule has 0 atom stereocenters. The van der Waals surface area contributed by atoms with E-state index < -0.39 is 0 Å². The molecule has 2 heterocycles. The SMILES string of the molecule is Cc1nc(Nc2nc(CCC(C)C)cc(=O)[nH]2)nc2ccccc12. The van der Waals surface area contributed by atoms with Crippen molar-refractivity contribution in [2.75, 3.05) is 5.32 Å². The summed E-state index contributed by atoms with van der Waals surface area (Å²) in [6.07, 6.45) is 1.76.